The summed E-state index contributed by atoms with van der Waals surface area (Å²) in [5.74, 6) is 0.931. The highest BCUT2D eigenvalue weighted by Crippen LogP contribution is 2.35. The van der Waals surface area contributed by atoms with E-state index in [9.17, 15) is 16.8 Å². The van der Waals surface area contributed by atoms with Gasteiger partial charge in [-0.3, -0.25) is 9.03 Å². The van der Waals surface area contributed by atoms with Crippen molar-refractivity contribution in [2.24, 2.45) is 0 Å². The van der Waals surface area contributed by atoms with Crippen LogP contribution in [0.1, 0.15) is 12.0 Å². The van der Waals surface area contributed by atoms with Crippen LogP contribution in [0, 0.1) is 0 Å². The Kier molecular flexibility index (Phi) is 6.66. The molecule has 3 aromatic rings. The summed E-state index contributed by atoms with van der Waals surface area (Å²) in [6.45, 7) is 0.330. The maximum Gasteiger partial charge on any atom is 0.264 e. The number of hydrogen-bond acceptors (Lipinski definition) is 6. The number of ether oxygens (including phenoxy) is 2. The molecule has 1 N–H and O–H groups in total. The summed E-state index contributed by atoms with van der Waals surface area (Å²) in [6, 6.07) is 15.2. The van der Waals surface area contributed by atoms with E-state index in [2.05, 4.69) is 4.72 Å². The Labute approximate surface area is 204 Å². The van der Waals surface area contributed by atoms with Crippen molar-refractivity contribution in [3.63, 3.8) is 0 Å². The number of rotatable bonds is 7. The highest BCUT2D eigenvalue weighted by molar-refractivity contribution is 7.93. The second-order valence-electron chi connectivity index (χ2n) is 7.60. The molecule has 0 spiro atoms. The van der Waals surface area contributed by atoms with Crippen LogP contribution < -0.4 is 18.5 Å². The molecule has 0 bridgehead atoms. The quantitative estimate of drug-likeness (QED) is 0.496. The van der Waals surface area contributed by atoms with Crippen LogP contribution in [0.5, 0.6) is 11.5 Å². The molecule has 180 valence electrons. The van der Waals surface area contributed by atoms with Crippen LogP contribution in [-0.4, -0.2) is 37.6 Å². The molecular weight excluding hydrogens is 500 g/mol. The lowest BCUT2D eigenvalue weighted by atomic mass is 10.0. The Balaban J connectivity index is 1.62. The van der Waals surface area contributed by atoms with Crippen molar-refractivity contribution >= 4 is 43.0 Å². The van der Waals surface area contributed by atoms with E-state index in [1.165, 1.54) is 48.9 Å². The van der Waals surface area contributed by atoms with Crippen molar-refractivity contribution in [3.8, 4) is 11.5 Å². The number of nitrogens with zero attached hydrogens (tertiary/aromatic N) is 1. The first-order chi connectivity index (χ1) is 16.2. The first-order valence-corrected chi connectivity index (χ1v) is 13.6. The van der Waals surface area contributed by atoms with Gasteiger partial charge in [0.05, 0.1) is 34.7 Å². The van der Waals surface area contributed by atoms with Gasteiger partial charge in [0.25, 0.3) is 20.0 Å². The standard InChI is InChI=1S/C23H23ClN2O6S2/c1-31-18-6-8-19(9-7-18)34(29,30)26-13-3-4-16-14-17(5-11-22(16)26)25-33(27,28)20-10-12-23(32-2)21(24)15-20/h5-12,14-15,25H,3-4,13H2,1-2H3. The summed E-state index contributed by atoms with van der Waals surface area (Å²) in [7, 11) is -4.75. The van der Waals surface area contributed by atoms with Crippen molar-refractivity contribution in [2.45, 2.75) is 22.6 Å². The number of nitrogens with one attached hydrogen (secondary N) is 1. The number of aryl methyl sites for hydroxylation is 1. The van der Waals surface area contributed by atoms with E-state index in [1.54, 1.807) is 30.3 Å². The largest absolute Gasteiger partial charge is 0.497 e. The van der Waals surface area contributed by atoms with Gasteiger partial charge in [0.15, 0.2) is 0 Å². The van der Waals surface area contributed by atoms with Crippen LogP contribution in [0.15, 0.2) is 70.5 Å². The molecule has 0 radical (unpaired) electrons. The zero-order chi connectivity index (χ0) is 24.5. The normalized spacial score (nSPS) is 13.8. The van der Waals surface area contributed by atoms with Crippen LogP contribution in [-0.2, 0) is 26.5 Å². The van der Waals surface area contributed by atoms with Crippen molar-refractivity contribution < 1.29 is 26.3 Å². The highest BCUT2D eigenvalue weighted by Gasteiger charge is 2.29. The molecule has 0 saturated heterocycles. The second-order valence-corrected chi connectivity index (χ2v) is 11.6. The van der Waals surface area contributed by atoms with E-state index in [1.807, 2.05) is 0 Å². The van der Waals surface area contributed by atoms with Gasteiger partial charge in [-0.05, 0) is 79.1 Å². The molecule has 1 heterocycles. The molecule has 0 aromatic heterocycles. The molecule has 0 unspecified atom stereocenters. The average molecular weight is 523 g/mol. The number of methoxy groups -OCH3 is 2. The summed E-state index contributed by atoms with van der Waals surface area (Å²) in [5, 5.41) is 0.176. The maximum absolute atomic E-state index is 13.3. The van der Waals surface area contributed by atoms with Gasteiger partial charge in [-0.25, -0.2) is 16.8 Å². The van der Waals surface area contributed by atoms with E-state index in [4.69, 9.17) is 21.1 Å². The molecule has 8 nitrogen and oxygen atoms in total. The molecule has 34 heavy (non-hydrogen) atoms. The minimum Gasteiger partial charge on any atom is -0.497 e. The third-order valence-electron chi connectivity index (χ3n) is 5.49. The van der Waals surface area contributed by atoms with Gasteiger partial charge in [-0.1, -0.05) is 11.6 Å². The summed E-state index contributed by atoms with van der Waals surface area (Å²) >= 11 is 6.07. The van der Waals surface area contributed by atoms with Gasteiger partial charge in [-0.2, -0.15) is 0 Å². The van der Waals surface area contributed by atoms with Gasteiger partial charge >= 0.3 is 0 Å². The van der Waals surface area contributed by atoms with Gasteiger partial charge < -0.3 is 9.47 Å². The molecule has 0 fully saturated rings. The lowest BCUT2D eigenvalue weighted by molar-refractivity contribution is 0.414. The van der Waals surface area contributed by atoms with Crippen molar-refractivity contribution in [1.29, 1.82) is 0 Å². The van der Waals surface area contributed by atoms with E-state index in [0.29, 0.717) is 42.3 Å². The SMILES string of the molecule is COc1ccc(S(=O)(=O)N2CCCc3cc(NS(=O)(=O)c4ccc(OC)c(Cl)c4)ccc32)cc1. The van der Waals surface area contributed by atoms with Crippen LogP contribution in [0.4, 0.5) is 11.4 Å². The molecule has 0 amide bonds. The van der Waals surface area contributed by atoms with Gasteiger partial charge in [-0.15, -0.1) is 0 Å². The molecule has 1 aliphatic heterocycles. The second kappa shape index (κ2) is 9.36. The Morgan fingerprint density at radius 1 is 0.882 bits per heavy atom. The average Bonchev–Trinajstić information content (AvgIpc) is 2.83. The molecule has 1 aliphatic rings. The van der Waals surface area contributed by atoms with Gasteiger partial charge in [0.2, 0.25) is 0 Å². The summed E-state index contributed by atoms with van der Waals surface area (Å²) in [5.41, 5.74) is 1.59. The summed E-state index contributed by atoms with van der Waals surface area (Å²) in [6.07, 6.45) is 1.22. The zero-order valence-corrected chi connectivity index (χ0v) is 20.9. The topological polar surface area (TPSA) is 102 Å². The lowest BCUT2D eigenvalue weighted by Crippen LogP contribution is -2.35. The van der Waals surface area contributed by atoms with Crippen LogP contribution in [0.25, 0.3) is 0 Å². The number of benzene rings is 3. The zero-order valence-electron chi connectivity index (χ0n) is 18.5. The number of halogens is 1. The molecule has 4 rings (SSSR count). The fourth-order valence-electron chi connectivity index (χ4n) is 3.78. The fraction of sp³-hybridized carbons (Fsp3) is 0.217. The number of anilines is 2. The Bertz CT molecular complexity index is 1420. The van der Waals surface area contributed by atoms with E-state index < -0.39 is 20.0 Å². The van der Waals surface area contributed by atoms with Gasteiger partial charge in [0.1, 0.15) is 11.5 Å². The molecule has 0 saturated carbocycles. The highest BCUT2D eigenvalue weighted by atomic mass is 35.5. The lowest BCUT2D eigenvalue weighted by Gasteiger charge is -2.31. The molecule has 0 aliphatic carbocycles. The Morgan fingerprint density at radius 2 is 1.59 bits per heavy atom. The van der Waals surface area contributed by atoms with E-state index in [-0.39, 0.29) is 14.8 Å². The minimum absolute atomic E-state index is 0.0141. The van der Waals surface area contributed by atoms with E-state index >= 15 is 0 Å². The molecular formula is C23H23ClN2O6S2. The third kappa shape index (κ3) is 4.66. The number of sulfonamides is 2. The minimum atomic E-state index is -3.91. The summed E-state index contributed by atoms with van der Waals surface area (Å²) < 4.78 is 66.3. The van der Waals surface area contributed by atoms with Crippen molar-refractivity contribution in [3.05, 3.63) is 71.2 Å². The first kappa shape index (κ1) is 24.2. The third-order valence-corrected chi connectivity index (χ3v) is 8.99. The fourth-order valence-corrected chi connectivity index (χ4v) is 6.72. The van der Waals surface area contributed by atoms with Crippen LogP contribution in [0.3, 0.4) is 0 Å². The predicted molar refractivity (Wildman–Crippen MR) is 131 cm³/mol. The molecule has 3 aromatic carbocycles. The summed E-state index contributed by atoms with van der Waals surface area (Å²) in [4.78, 5) is 0.141. The van der Waals surface area contributed by atoms with E-state index in [0.717, 1.165) is 5.56 Å². The predicted octanol–water partition coefficient (Wildman–Crippen LogP) is 4.30. The van der Waals surface area contributed by atoms with Crippen molar-refractivity contribution in [2.75, 3.05) is 29.8 Å². The van der Waals surface area contributed by atoms with Crippen molar-refractivity contribution in [1.82, 2.24) is 0 Å². The number of hydrogen-bond donors (Lipinski definition) is 1. The molecule has 11 heteroatoms. The number of fused-ring (bicyclic) bond motifs is 1. The first-order valence-electron chi connectivity index (χ1n) is 10.3. The smallest absolute Gasteiger partial charge is 0.264 e. The monoisotopic (exact) mass is 522 g/mol. The maximum atomic E-state index is 13.3. The Morgan fingerprint density at radius 3 is 2.24 bits per heavy atom. The molecule has 0 atom stereocenters. The van der Waals surface area contributed by atoms with Crippen LogP contribution >= 0.6 is 11.6 Å². The Hall–Kier alpha value is -2.95. The van der Waals surface area contributed by atoms with Crippen LogP contribution in [0.2, 0.25) is 5.02 Å². The van der Waals surface area contributed by atoms with Gasteiger partial charge in [0, 0.05) is 12.2 Å².